The number of thioether (sulfide) groups is 1. The summed E-state index contributed by atoms with van der Waals surface area (Å²) in [6.45, 7) is 4.95. The fraction of sp³-hybridized carbons (Fsp3) is 0.682. The zero-order valence-electron chi connectivity index (χ0n) is 19.2. The van der Waals surface area contributed by atoms with Gasteiger partial charge in [0.15, 0.2) is 0 Å². The number of hydrogen-bond donors (Lipinski definition) is 2. The highest BCUT2D eigenvalue weighted by atomic mass is 32.2. The Morgan fingerprint density at radius 1 is 1.31 bits per heavy atom. The molecule has 2 rings (SSSR count). The van der Waals surface area contributed by atoms with Gasteiger partial charge in [0.05, 0.1) is 18.1 Å². The molecule has 1 aliphatic rings. The predicted octanol–water partition coefficient (Wildman–Crippen LogP) is 3.30. The van der Waals surface area contributed by atoms with Gasteiger partial charge in [-0.25, -0.2) is 13.9 Å². The van der Waals surface area contributed by atoms with E-state index in [0.29, 0.717) is 17.9 Å². The van der Waals surface area contributed by atoms with Crippen LogP contribution < -0.4 is 10.2 Å². The number of methoxy groups -OCH3 is 1. The van der Waals surface area contributed by atoms with E-state index in [4.69, 9.17) is 14.7 Å². The molecule has 2 unspecified atom stereocenters. The maximum atomic E-state index is 13.5. The van der Waals surface area contributed by atoms with E-state index in [1.165, 1.54) is 30.0 Å². The van der Waals surface area contributed by atoms with Gasteiger partial charge in [-0.3, -0.25) is 10.0 Å². The molecule has 0 radical (unpaired) electrons. The van der Waals surface area contributed by atoms with Gasteiger partial charge in [-0.15, -0.1) is 0 Å². The summed E-state index contributed by atoms with van der Waals surface area (Å²) in [5.74, 6) is 1.57. The monoisotopic (exact) mass is 488 g/mol. The Bertz CT molecular complexity index is 795. The van der Waals surface area contributed by atoms with Crippen LogP contribution in [-0.2, 0) is 19.6 Å². The van der Waals surface area contributed by atoms with Crippen molar-refractivity contribution < 1.29 is 27.9 Å². The topological polar surface area (TPSA) is 105 Å². The number of benzene rings is 1. The zero-order valence-corrected chi connectivity index (χ0v) is 20.8. The predicted molar refractivity (Wildman–Crippen MR) is 126 cm³/mol. The lowest BCUT2D eigenvalue weighted by molar-refractivity contribution is -0.130. The van der Waals surface area contributed by atoms with Crippen molar-refractivity contribution in [1.82, 2.24) is 9.79 Å². The van der Waals surface area contributed by atoms with Gasteiger partial charge in [0.1, 0.15) is 5.75 Å². The molecule has 1 aromatic rings. The molecule has 1 aromatic carbocycles. The number of ether oxygens (including phenoxy) is 2. The van der Waals surface area contributed by atoms with Gasteiger partial charge in [0.25, 0.3) is 0 Å². The Hall–Kier alpha value is -1.33. The first-order valence-electron chi connectivity index (χ1n) is 11.1. The van der Waals surface area contributed by atoms with Crippen LogP contribution >= 0.6 is 11.8 Å². The van der Waals surface area contributed by atoms with Crippen LogP contribution in [0.1, 0.15) is 46.0 Å². The summed E-state index contributed by atoms with van der Waals surface area (Å²) in [5, 5.41) is 9.06. The first-order valence-corrected chi connectivity index (χ1v) is 13.7. The summed E-state index contributed by atoms with van der Waals surface area (Å²) in [7, 11) is -2.33. The van der Waals surface area contributed by atoms with E-state index in [9.17, 15) is 13.2 Å². The molecule has 1 aliphatic heterocycles. The van der Waals surface area contributed by atoms with E-state index in [2.05, 4.69) is 0 Å². The molecule has 0 aromatic heterocycles. The molecule has 1 fully saturated rings. The van der Waals surface area contributed by atoms with Crippen molar-refractivity contribution in [3.05, 3.63) is 24.3 Å². The Morgan fingerprint density at radius 2 is 2.03 bits per heavy atom. The molecule has 8 nitrogen and oxygen atoms in total. The van der Waals surface area contributed by atoms with E-state index < -0.39 is 22.0 Å². The lowest BCUT2D eigenvalue weighted by Crippen LogP contribution is -2.45. The highest BCUT2D eigenvalue weighted by molar-refractivity contribution is 7.99. The largest absolute Gasteiger partial charge is 0.497 e. The van der Waals surface area contributed by atoms with Gasteiger partial charge in [-0.05, 0) is 61.6 Å². The molecule has 182 valence electrons. The summed E-state index contributed by atoms with van der Waals surface area (Å²) in [4.78, 5) is 12.2. The summed E-state index contributed by atoms with van der Waals surface area (Å²) in [5.41, 5.74) is 1.65. The number of hydroxylamine groups is 1. The number of sulfonamides is 1. The van der Waals surface area contributed by atoms with E-state index in [0.717, 1.165) is 25.2 Å². The molecular weight excluding hydrogens is 452 g/mol. The lowest BCUT2D eigenvalue weighted by atomic mass is 10.1. The van der Waals surface area contributed by atoms with Crippen LogP contribution in [0, 0.1) is 5.92 Å². The van der Waals surface area contributed by atoms with Gasteiger partial charge in [-0.1, -0.05) is 13.8 Å². The Balaban J connectivity index is 2.17. The quantitative estimate of drug-likeness (QED) is 0.249. The van der Waals surface area contributed by atoms with E-state index in [-0.39, 0.29) is 29.9 Å². The van der Waals surface area contributed by atoms with Crippen molar-refractivity contribution in [1.29, 1.82) is 0 Å². The maximum Gasteiger partial charge on any atom is 0.244 e. The van der Waals surface area contributed by atoms with Gasteiger partial charge in [0, 0.05) is 31.4 Å². The van der Waals surface area contributed by atoms with E-state index in [1.807, 2.05) is 13.8 Å². The fourth-order valence-corrected chi connectivity index (χ4v) is 6.62. The maximum absolute atomic E-state index is 13.5. The summed E-state index contributed by atoms with van der Waals surface area (Å²) in [6, 6.07) is 5.67. The standard InChI is InChI=1S/C22H36N2O6S2/c1-17(2)15-24(32(27,28)21-9-7-19(29-3)8-10-21)18(14-22(25)23-26)11-13-31-16-20-6-4-5-12-30-20/h7-10,17-18,20,26H,4-6,11-16H2,1-3H3,(H,23,25). The molecule has 10 heteroatoms. The van der Waals surface area contributed by atoms with Crippen molar-refractivity contribution in [2.24, 2.45) is 5.92 Å². The number of carbonyl (C=O) groups excluding carboxylic acids is 1. The minimum absolute atomic E-state index is 0.0611. The SMILES string of the molecule is COc1ccc(S(=O)(=O)N(CC(C)C)C(CCSCC2CCCCO2)CC(=O)NO)cc1. The number of nitrogens with one attached hydrogen (secondary N) is 1. The number of amides is 1. The minimum Gasteiger partial charge on any atom is -0.497 e. The molecule has 0 spiro atoms. The third-order valence-electron chi connectivity index (χ3n) is 5.34. The molecule has 1 heterocycles. The molecule has 0 saturated carbocycles. The highest BCUT2D eigenvalue weighted by Crippen LogP contribution is 2.26. The third kappa shape index (κ3) is 8.22. The van der Waals surface area contributed by atoms with Gasteiger partial charge in [-0.2, -0.15) is 16.1 Å². The average Bonchev–Trinajstić information content (AvgIpc) is 2.80. The second kappa shape index (κ2) is 13.4. The molecule has 32 heavy (non-hydrogen) atoms. The molecule has 2 atom stereocenters. The average molecular weight is 489 g/mol. The zero-order chi connectivity index (χ0) is 23.6. The van der Waals surface area contributed by atoms with Crippen molar-refractivity contribution in [3.8, 4) is 5.75 Å². The first-order chi connectivity index (χ1) is 15.3. The molecule has 1 saturated heterocycles. The minimum atomic E-state index is -3.85. The Labute approximate surface area is 196 Å². The second-order valence-corrected chi connectivity index (χ2v) is 11.4. The fourth-order valence-electron chi connectivity index (χ4n) is 3.67. The summed E-state index contributed by atoms with van der Waals surface area (Å²) < 4.78 is 39.4. The molecule has 0 bridgehead atoms. The Kier molecular flexibility index (Phi) is 11.3. The van der Waals surface area contributed by atoms with Crippen LogP contribution in [0.4, 0.5) is 0 Å². The van der Waals surface area contributed by atoms with Crippen LogP contribution in [0.2, 0.25) is 0 Å². The van der Waals surface area contributed by atoms with Crippen LogP contribution in [0.3, 0.4) is 0 Å². The van der Waals surface area contributed by atoms with Crippen molar-refractivity contribution >= 4 is 27.7 Å². The van der Waals surface area contributed by atoms with Crippen LogP contribution in [-0.4, -0.2) is 67.8 Å². The van der Waals surface area contributed by atoms with Gasteiger partial charge < -0.3 is 9.47 Å². The molecule has 1 amide bonds. The normalized spacial score (nSPS) is 18.0. The highest BCUT2D eigenvalue weighted by Gasteiger charge is 2.33. The second-order valence-electron chi connectivity index (χ2n) is 8.39. The van der Waals surface area contributed by atoms with Crippen LogP contribution in [0.25, 0.3) is 0 Å². The van der Waals surface area contributed by atoms with Gasteiger partial charge >= 0.3 is 0 Å². The van der Waals surface area contributed by atoms with Crippen molar-refractivity contribution in [3.63, 3.8) is 0 Å². The Morgan fingerprint density at radius 3 is 2.59 bits per heavy atom. The van der Waals surface area contributed by atoms with Crippen molar-refractivity contribution in [2.45, 2.75) is 63.0 Å². The number of carbonyl (C=O) groups is 1. The molecule has 0 aliphatic carbocycles. The summed E-state index contributed by atoms with van der Waals surface area (Å²) in [6.07, 6.45) is 3.95. The first kappa shape index (κ1) is 26.9. The number of rotatable bonds is 13. The molecule has 2 N–H and O–H groups in total. The number of nitrogens with zero attached hydrogens (tertiary/aromatic N) is 1. The molecular formula is C22H36N2O6S2. The smallest absolute Gasteiger partial charge is 0.244 e. The van der Waals surface area contributed by atoms with Gasteiger partial charge in [0.2, 0.25) is 15.9 Å². The number of hydrogen-bond acceptors (Lipinski definition) is 7. The van der Waals surface area contributed by atoms with E-state index >= 15 is 0 Å². The summed E-state index contributed by atoms with van der Waals surface area (Å²) >= 11 is 1.71. The lowest BCUT2D eigenvalue weighted by Gasteiger charge is -2.32. The third-order valence-corrected chi connectivity index (χ3v) is 8.40. The van der Waals surface area contributed by atoms with Crippen LogP contribution in [0.15, 0.2) is 29.2 Å². The van der Waals surface area contributed by atoms with Crippen LogP contribution in [0.5, 0.6) is 5.75 Å². The van der Waals surface area contributed by atoms with Crippen molar-refractivity contribution in [2.75, 3.05) is 31.8 Å². The van der Waals surface area contributed by atoms with E-state index in [1.54, 1.807) is 29.4 Å².